The average Bonchev–Trinajstić information content (AvgIpc) is 2.01. The molecular formula is C10H13Cl2F2N. The predicted octanol–water partition coefficient (Wildman–Crippen LogP) is 3.84. The molecule has 1 aromatic rings. The van der Waals surface area contributed by atoms with Gasteiger partial charge in [-0.05, 0) is 18.6 Å². The van der Waals surface area contributed by atoms with Crippen LogP contribution >= 0.6 is 24.0 Å². The summed E-state index contributed by atoms with van der Waals surface area (Å²) in [5, 5.41) is 0.0486. The molecule has 0 aliphatic heterocycles. The van der Waals surface area contributed by atoms with Crippen LogP contribution in [0.25, 0.3) is 0 Å². The van der Waals surface area contributed by atoms with Crippen LogP contribution in [0.2, 0.25) is 5.02 Å². The van der Waals surface area contributed by atoms with Crippen molar-refractivity contribution in [1.82, 2.24) is 0 Å². The largest absolute Gasteiger partial charge is 0.324 e. The smallest absolute Gasteiger partial charge is 0.132 e. The molecule has 0 amide bonds. The van der Waals surface area contributed by atoms with Crippen LogP contribution in [0.3, 0.4) is 0 Å². The zero-order valence-electron chi connectivity index (χ0n) is 8.27. The Labute approximate surface area is 99.0 Å². The van der Waals surface area contributed by atoms with Crippen molar-refractivity contribution in [3.63, 3.8) is 0 Å². The first kappa shape index (κ1) is 14.6. The average molecular weight is 256 g/mol. The van der Waals surface area contributed by atoms with Gasteiger partial charge >= 0.3 is 0 Å². The highest BCUT2D eigenvalue weighted by molar-refractivity contribution is 6.30. The van der Waals surface area contributed by atoms with Gasteiger partial charge < -0.3 is 5.73 Å². The second-order valence-electron chi connectivity index (χ2n) is 3.18. The molecule has 0 saturated carbocycles. The SMILES string of the molecule is CCC[C@H](N)c1c(F)cc(Cl)cc1F.Cl. The monoisotopic (exact) mass is 255 g/mol. The number of nitrogens with two attached hydrogens (primary N) is 1. The first-order chi connectivity index (χ1) is 6.56. The molecule has 0 saturated heterocycles. The summed E-state index contributed by atoms with van der Waals surface area (Å²) in [5.41, 5.74) is 5.56. The Hall–Kier alpha value is -0.380. The van der Waals surface area contributed by atoms with Gasteiger partial charge in [-0.3, -0.25) is 0 Å². The minimum atomic E-state index is -0.670. The van der Waals surface area contributed by atoms with Crippen LogP contribution in [-0.2, 0) is 0 Å². The van der Waals surface area contributed by atoms with Crippen molar-refractivity contribution in [3.8, 4) is 0 Å². The normalized spacial score (nSPS) is 12.1. The van der Waals surface area contributed by atoms with E-state index in [-0.39, 0.29) is 23.0 Å². The molecule has 0 unspecified atom stereocenters. The lowest BCUT2D eigenvalue weighted by Crippen LogP contribution is -2.13. The molecular weight excluding hydrogens is 243 g/mol. The maximum absolute atomic E-state index is 13.3. The lowest BCUT2D eigenvalue weighted by molar-refractivity contribution is 0.510. The predicted molar refractivity (Wildman–Crippen MR) is 60.5 cm³/mol. The fraction of sp³-hybridized carbons (Fsp3) is 0.400. The van der Waals surface area contributed by atoms with Crippen molar-refractivity contribution in [3.05, 3.63) is 34.4 Å². The van der Waals surface area contributed by atoms with Crippen molar-refractivity contribution in [2.24, 2.45) is 5.73 Å². The van der Waals surface area contributed by atoms with Crippen LogP contribution in [0.4, 0.5) is 8.78 Å². The molecule has 1 rings (SSSR count). The molecule has 2 N–H and O–H groups in total. The van der Waals surface area contributed by atoms with Gasteiger partial charge in [-0.1, -0.05) is 24.9 Å². The number of halogens is 4. The molecule has 0 heterocycles. The fourth-order valence-corrected chi connectivity index (χ4v) is 1.55. The quantitative estimate of drug-likeness (QED) is 0.873. The summed E-state index contributed by atoms with van der Waals surface area (Å²) in [6, 6.07) is 1.56. The van der Waals surface area contributed by atoms with E-state index < -0.39 is 17.7 Å². The van der Waals surface area contributed by atoms with Gasteiger partial charge in [0.2, 0.25) is 0 Å². The Morgan fingerprint density at radius 3 is 2.20 bits per heavy atom. The summed E-state index contributed by atoms with van der Waals surface area (Å²) in [5.74, 6) is -1.34. The van der Waals surface area contributed by atoms with Crippen molar-refractivity contribution >= 4 is 24.0 Å². The zero-order chi connectivity index (χ0) is 10.7. The van der Waals surface area contributed by atoms with Crippen molar-refractivity contribution < 1.29 is 8.78 Å². The lowest BCUT2D eigenvalue weighted by atomic mass is 10.0. The Morgan fingerprint density at radius 2 is 1.80 bits per heavy atom. The lowest BCUT2D eigenvalue weighted by Gasteiger charge is -2.12. The van der Waals surface area contributed by atoms with Crippen LogP contribution in [0.1, 0.15) is 31.4 Å². The molecule has 0 bridgehead atoms. The third-order valence-electron chi connectivity index (χ3n) is 2.01. The third-order valence-corrected chi connectivity index (χ3v) is 2.23. The summed E-state index contributed by atoms with van der Waals surface area (Å²) >= 11 is 5.48. The van der Waals surface area contributed by atoms with E-state index >= 15 is 0 Å². The van der Waals surface area contributed by atoms with Gasteiger partial charge in [0.1, 0.15) is 11.6 Å². The van der Waals surface area contributed by atoms with Crippen LogP contribution in [0.5, 0.6) is 0 Å². The fourth-order valence-electron chi connectivity index (χ4n) is 1.36. The van der Waals surface area contributed by atoms with E-state index in [1.807, 2.05) is 6.92 Å². The number of hydrogen-bond acceptors (Lipinski definition) is 1. The molecule has 0 spiro atoms. The molecule has 0 fully saturated rings. The van der Waals surface area contributed by atoms with Crippen LogP contribution in [0.15, 0.2) is 12.1 Å². The first-order valence-corrected chi connectivity index (χ1v) is 4.84. The van der Waals surface area contributed by atoms with Gasteiger partial charge in [-0.25, -0.2) is 8.78 Å². The second-order valence-corrected chi connectivity index (χ2v) is 3.61. The van der Waals surface area contributed by atoms with E-state index in [0.717, 1.165) is 18.6 Å². The highest BCUT2D eigenvalue weighted by Gasteiger charge is 2.16. The summed E-state index contributed by atoms with van der Waals surface area (Å²) in [7, 11) is 0. The maximum Gasteiger partial charge on any atom is 0.132 e. The summed E-state index contributed by atoms with van der Waals surface area (Å²) in [6.07, 6.45) is 1.33. The molecule has 5 heteroatoms. The summed E-state index contributed by atoms with van der Waals surface area (Å²) in [6.45, 7) is 1.91. The number of hydrogen-bond donors (Lipinski definition) is 1. The highest BCUT2D eigenvalue weighted by Crippen LogP contribution is 2.25. The van der Waals surface area contributed by atoms with Gasteiger partial charge in [0.15, 0.2) is 0 Å². The van der Waals surface area contributed by atoms with Crippen LogP contribution in [0, 0.1) is 11.6 Å². The first-order valence-electron chi connectivity index (χ1n) is 4.46. The minimum absolute atomic E-state index is 0. The Morgan fingerprint density at radius 1 is 1.33 bits per heavy atom. The van der Waals surface area contributed by atoms with Crippen molar-refractivity contribution in [1.29, 1.82) is 0 Å². The Balaban J connectivity index is 0.00000196. The molecule has 1 atom stereocenters. The molecule has 1 nitrogen and oxygen atoms in total. The van der Waals surface area contributed by atoms with Crippen molar-refractivity contribution in [2.45, 2.75) is 25.8 Å². The summed E-state index contributed by atoms with van der Waals surface area (Å²) < 4.78 is 26.6. The molecule has 0 radical (unpaired) electrons. The van der Waals surface area contributed by atoms with E-state index in [4.69, 9.17) is 17.3 Å². The summed E-state index contributed by atoms with van der Waals surface area (Å²) in [4.78, 5) is 0. The second kappa shape index (κ2) is 6.26. The van der Waals surface area contributed by atoms with E-state index in [2.05, 4.69) is 0 Å². The molecule has 0 aromatic heterocycles. The van der Waals surface area contributed by atoms with Gasteiger partial charge in [0.25, 0.3) is 0 Å². The Kier molecular flexibility index (Phi) is 6.10. The van der Waals surface area contributed by atoms with Gasteiger partial charge in [-0.15, -0.1) is 12.4 Å². The highest BCUT2D eigenvalue weighted by atomic mass is 35.5. The zero-order valence-corrected chi connectivity index (χ0v) is 9.84. The molecule has 0 aliphatic carbocycles. The van der Waals surface area contributed by atoms with E-state index in [9.17, 15) is 8.78 Å². The topological polar surface area (TPSA) is 26.0 Å². The molecule has 86 valence electrons. The standard InChI is InChI=1S/C10H12ClF2N.ClH/c1-2-3-9(14)10-7(12)4-6(11)5-8(10)13;/h4-5,9H,2-3,14H2,1H3;1H/t9-;/m0./s1. The van der Waals surface area contributed by atoms with Gasteiger partial charge in [0, 0.05) is 16.6 Å². The van der Waals surface area contributed by atoms with Crippen LogP contribution in [-0.4, -0.2) is 0 Å². The van der Waals surface area contributed by atoms with E-state index in [1.165, 1.54) is 0 Å². The van der Waals surface area contributed by atoms with E-state index in [1.54, 1.807) is 0 Å². The van der Waals surface area contributed by atoms with E-state index in [0.29, 0.717) is 6.42 Å². The Bertz CT molecular complexity index is 308. The minimum Gasteiger partial charge on any atom is -0.324 e. The van der Waals surface area contributed by atoms with Gasteiger partial charge in [0.05, 0.1) is 0 Å². The third kappa shape index (κ3) is 3.59. The van der Waals surface area contributed by atoms with Crippen LogP contribution < -0.4 is 5.73 Å². The molecule has 1 aromatic carbocycles. The van der Waals surface area contributed by atoms with Gasteiger partial charge in [-0.2, -0.15) is 0 Å². The molecule has 0 aliphatic rings. The maximum atomic E-state index is 13.3. The van der Waals surface area contributed by atoms with Crippen molar-refractivity contribution in [2.75, 3.05) is 0 Å². The molecule has 15 heavy (non-hydrogen) atoms. The number of benzene rings is 1. The number of rotatable bonds is 3.